The Bertz CT molecular complexity index is 642. The maximum absolute atomic E-state index is 12.7. The van der Waals surface area contributed by atoms with Crippen molar-refractivity contribution < 1.29 is 18.7 Å². The average Bonchev–Trinajstić information content (AvgIpc) is 2.38. The molecule has 2 aromatic carbocycles. The van der Waals surface area contributed by atoms with Gasteiger partial charge in [-0.2, -0.15) is 0 Å². The largest absolute Gasteiger partial charge is 0.478 e. The summed E-state index contributed by atoms with van der Waals surface area (Å²) in [6.45, 7) is 0. The van der Waals surface area contributed by atoms with Gasteiger partial charge in [0.05, 0.1) is 5.56 Å². The fourth-order valence-electron chi connectivity index (χ4n) is 1.98. The summed E-state index contributed by atoms with van der Waals surface area (Å²) in [7, 11) is 0. The highest BCUT2D eigenvalue weighted by Gasteiger charge is 2.12. The predicted octanol–water partition coefficient (Wildman–Crippen LogP) is 4.68. The zero-order valence-electron chi connectivity index (χ0n) is 10.3. The lowest BCUT2D eigenvalue weighted by molar-refractivity contribution is 0.0696. The quantitative estimate of drug-likeness (QED) is 0.877. The second kappa shape index (κ2) is 6.13. The third-order valence-corrected chi connectivity index (χ3v) is 3.39. The minimum absolute atomic E-state index is 0.0608. The SMILES string of the molecule is O=C(O)c1ccc(Br)cc1Cc1cccc(C(F)F)c1. The molecule has 0 amide bonds. The van der Waals surface area contributed by atoms with Gasteiger partial charge in [0.15, 0.2) is 0 Å². The second-order valence-corrected chi connectivity index (χ2v) is 5.24. The van der Waals surface area contributed by atoms with Crippen LogP contribution in [0.2, 0.25) is 0 Å². The van der Waals surface area contributed by atoms with Gasteiger partial charge in [0.1, 0.15) is 0 Å². The number of hydrogen-bond donors (Lipinski definition) is 1. The number of rotatable bonds is 4. The maximum atomic E-state index is 12.7. The van der Waals surface area contributed by atoms with E-state index in [2.05, 4.69) is 15.9 Å². The number of benzene rings is 2. The van der Waals surface area contributed by atoms with Gasteiger partial charge >= 0.3 is 5.97 Å². The van der Waals surface area contributed by atoms with Crippen LogP contribution in [-0.2, 0) is 6.42 Å². The second-order valence-electron chi connectivity index (χ2n) is 4.33. The zero-order valence-corrected chi connectivity index (χ0v) is 11.9. The van der Waals surface area contributed by atoms with Gasteiger partial charge in [-0.1, -0.05) is 34.1 Å². The van der Waals surface area contributed by atoms with E-state index in [1.165, 1.54) is 18.2 Å². The Morgan fingerprint density at radius 1 is 1.20 bits per heavy atom. The molecule has 0 saturated carbocycles. The molecule has 2 nitrogen and oxygen atoms in total. The van der Waals surface area contributed by atoms with Crippen LogP contribution in [0, 0.1) is 0 Å². The van der Waals surface area contributed by atoms with E-state index in [0.717, 1.165) is 4.47 Å². The number of hydrogen-bond acceptors (Lipinski definition) is 1. The Kier molecular flexibility index (Phi) is 4.49. The molecular weight excluding hydrogens is 330 g/mol. The van der Waals surface area contributed by atoms with Crippen molar-refractivity contribution >= 4 is 21.9 Å². The number of alkyl halides is 2. The Hall–Kier alpha value is -1.75. The maximum Gasteiger partial charge on any atom is 0.335 e. The standard InChI is InChI=1S/C15H11BrF2O2/c16-12-4-5-13(15(19)20)11(8-12)7-9-2-1-3-10(6-9)14(17)18/h1-6,8,14H,7H2,(H,19,20). The summed E-state index contributed by atoms with van der Waals surface area (Å²) in [5.74, 6) is -1.03. The molecule has 0 radical (unpaired) electrons. The molecule has 0 unspecified atom stereocenters. The van der Waals surface area contributed by atoms with Gasteiger partial charge in [-0.15, -0.1) is 0 Å². The first kappa shape index (κ1) is 14.7. The molecule has 0 atom stereocenters. The number of carboxylic acids is 1. The molecule has 2 aromatic rings. The van der Waals surface area contributed by atoms with Gasteiger partial charge in [0, 0.05) is 10.0 Å². The first-order valence-corrected chi connectivity index (χ1v) is 6.65. The van der Waals surface area contributed by atoms with Gasteiger partial charge in [-0.05, 0) is 41.8 Å². The Balaban J connectivity index is 2.36. The van der Waals surface area contributed by atoms with E-state index < -0.39 is 12.4 Å². The van der Waals surface area contributed by atoms with E-state index in [1.54, 1.807) is 24.3 Å². The van der Waals surface area contributed by atoms with Crippen LogP contribution in [-0.4, -0.2) is 11.1 Å². The Morgan fingerprint density at radius 3 is 2.60 bits per heavy atom. The predicted molar refractivity (Wildman–Crippen MR) is 75.3 cm³/mol. The van der Waals surface area contributed by atoms with E-state index in [4.69, 9.17) is 5.11 Å². The molecule has 2 rings (SSSR count). The number of halogens is 3. The van der Waals surface area contributed by atoms with Gasteiger partial charge in [-0.25, -0.2) is 13.6 Å². The van der Waals surface area contributed by atoms with Gasteiger partial charge in [0.25, 0.3) is 6.43 Å². The van der Waals surface area contributed by atoms with Crippen LogP contribution in [0.1, 0.15) is 33.5 Å². The molecule has 0 fully saturated rings. The van der Waals surface area contributed by atoms with Crippen molar-refractivity contribution in [1.29, 1.82) is 0 Å². The van der Waals surface area contributed by atoms with E-state index >= 15 is 0 Å². The highest BCUT2D eigenvalue weighted by Crippen LogP contribution is 2.23. The minimum atomic E-state index is -2.53. The van der Waals surface area contributed by atoms with E-state index in [9.17, 15) is 13.6 Å². The summed E-state index contributed by atoms with van der Waals surface area (Å²) in [6, 6.07) is 10.8. The van der Waals surface area contributed by atoms with Crippen LogP contribution in [0.15, 0.2) is 46.9 Å². The molecule has 0 saturated heterocycles. The molecule has 20 heavy (non-hydrogen) atoms. The minimum Gasteiger partial charge on any atom is -0.478 e. The first-order chi connectivity index (χ1) is 9.47. The zero-order chi connectivity index (χ0) is 14.7. The van der Waals surface area contributed by atoms with Crippen molar-refractivity contribution in [3.05, 3.63) is 69.2 Å². The lowest BCUT2D eigenvalue weighted by Gasteiger charge is -2.08. The fourth-order valence-corrected chi connectivity index (χ4v) is 2.38. The molecule has 0 aliphatic carbocycles. The van der Waals surface area contributed by atoms with Crippen molar-refractivity contribution in [2.75, 3.05) is 0 Å². The molecule has 0 aliphatic rings. The molecule has 0 aromatic heterocycles. The van der Waals surface area contributed by atoms with Crippen LogP contribution >= 0.6 is 15.9 Å². The summed E-state index contributed by atoms with van der Waals surface area (Å²) in [5, 5.41) is 9.14. The van der Waals surface area contributed by atoms with E-state index in [1.807, 2.05) is 0 Å². The molecule has 104 valence electrons. The molecule has 1 N–H and O–H groups in total. The molecule has 0 bridgehead atoms. The monoisotopic (exact) mass is 340 g/mol. The topological polar surface area (TPSA) is 37.3 Å². The number of carboxylic acid groups (broad SMARTS) is 1. The molecule has 0 spiro atoms. The van der Waals surface area contributed by atoms with Crippen LogP contribution < -0.4 is 0 Å². The summed E-state index contributed by atoms with van der Waals surface area (Å²) in [4.78, 5) is 11.2. The Labute approximate surface area is 123 Å². The lowest BCUT2D eigenvalue weighted by Crippen LogP contribution is -2.03. The van der Waals surface area contributed by atoms with Crippen molar-refractivity contribution in [2.45, 2.75) is 12.8 Å². The van der Waals surface area contributed by atoms with Crippen molar-refractivity contribution in [1.82, 2.24) is 0 Å². The lowest BCUT2D eigenvalue weighted by atomic mass is 9.98. The van der Waals surface area contributed by atoms with Crippen molar-refractivity contribution in [3.63, 3.8) is 0 Å². The highest BCUT2D eigenvalue weighted by molar-refractivity contribution is 9.10. The normalized spacial score (nSPS) is 10.8. The van der Waals surface area contributed by atoms with Gasteiger partial charge in [-0.3, -0.25) is 0 Å². The molecule has 5 heteroatoms. The summed E-state index contributed by atoms with van der Waals surface area (Å²) in [6.07, 6.45) is -2.24. The highest BCUT2D eigenvalue weighted by atomic mass is 79.9. The summed E-state index contributed by atoms with van der Waals surface area (Å²) < 4.78 is 26.1. The van der Waals surface area contributed by atoms with Crippen molar-refractivity contribution in [2.24, 2.45) is 0 Å². The molecular formula is C15H11BrF2O2. The summed E-state index contributed by atoms with van der Waals surface area (Å²) >= 11 is 3.28. The van der Waals surface area contributed by atoms with E-state index in [0.29, 0.717) is 17.5 Å². The van der Waals surface area contributed by atoms with Gasteiger partial charge < -0.3 is 5.11 Å². The van der Waals surface area contributed by atoms with Crippen LogP contribution in [0.25, 0.3) is 0 Å². The number of aromatic carboxylic acids is 1. The fraction of sp³-hybridized carbons (Fsp3) is 0.133. The van der Waals surface area contributed by atoms with Crippen LogP contribution in [0.3, 0.4) is 0 Å². The van der Waals surface area contributed by atoms with Crippen LogP contribution in [0.5, 0.6) is 0 Å². The van der Waals surface area contributed by atoms with Gasteiger partial charge in [0.2, 0.25) is 0 Å². The third kappa shape index (κ3) is 3.42. The molecule has 0 aliphatic heterocycles. The first-order valence-electron chi connectivity index (χ1n) is 5.86. The Morgan fingerprint density at radius 2 is 1.95 bits per heavy atom. The summed E-state index contributed by atoms with van der Waals surface area (Å²) in [5.41, 5.74) is 1.35. The van der Waals surface area contributed by atoms with Crippen molar-refractivity contribution in [3.8, 4) is 0 Å². The van der Waals surface area contributed by atoms with Crippen LogP contribution in [0.4, 0.5) is 8.78 Å². The molecule has 0 heterocycles. The average molecular weight is 341 g/mol. The van der Waals surface area contributed by atoms with E-state index in [-0.39, 0.29) is 11.1 Å². The third-order valence-electron chi connectivity index (χ3n) is 2.90. The number of carbonyl (C=O) groups is 1. The smallest absolute Gasteiger partial charge is 0.335 e.